The highest BCUT2D eigenvalue weighted by atomic mass is 79.9. The van der Waals surface area contributed by atoms with Gasteiger partial charge in [-0.15, -0.1) is 10.2 Å². The van der Waals surface area contributed by atoms with E-state index in [0.29, 0.717) is 17.5 Å². The topological polar surface area (TPSA) is 64.9 Å². The average molecular weight is 316 g/mol. The van der Waals surface area contributed by atoms with E-state index in [4.69, 9.17) is 10.2 Å². The molecule has 0 aliphatic rings. The van der Waals surface area contributed by atoms with Crippen molar-refractivity contribution in [1.29, 1.82) is 0 Å². The summed E-state index contributed by atoms with van der Waals surface area (Å²) in [5.74, 6) is 0.984. The van der Waals surface area contributed by atoms with Gasteiger partial charge < -0.3 is 10.2 Å². The Morgan fingerprint density at radius 1 is 0.789 bits per heavy atom. The van der Waals surface area contributed by atoms with Crippen molar-refractivity contribution in [3.8, 4) is 22.9 Å². The molecule has 1 aromatic heterocycles. The summed E-state index contributed by atoms with van der Waals surface area (Å²) in [4.78, 5) is 0. The number of aromatic nitrogens is 2. The van der Waals surface area contributed by atoms with E-state index >= 15 is 0 Å². The molecule has 19 heavy (non-hydrogen) atoms. The smallest absolute Gasteiger partial charge is 0.248 e. The number of nitrogen functional groups attached to an aromatic ring is 1. The molecule has 1 heterocycles. The van der Waals surface area contributed by atoms with Gasteiger partial charge in [-0.25, -0.2) is 0 Å². The minimum atomic E-state index is 0.484. The van der Waals surface area contributed by atoms with E-state index in [9.17, 15) is 0 Å². The Labute approximate surface area is 118 Å². The van der Waals surface area contributed by atoms with Gasteiger partial charge in [-0.3, -0.25) is 0 Å². The van der Waals surface area contributed by atoms with Crippen LogP contribution in [0.15, 0.2) is 57.4 Å². The maximum Gasteiger partial charge on any atom is 0.248 e. The van der Waals surface area contributed by atoms with Crippen LogP contribution in [-0.2, 0) is 0 Å². The SMILES string of the molecule is Nc1ccc(-c2nnc(-c3ccc(Br)cc3)o2)cc1. The first-order valence-electron chi connectivity index (χ1n) is 5.68. The number of benzene rings is 2. The second-order valence-electron chi connectivity index (χ2n) is 4.04. The van der Waals surface area contributed by atoms with Crippen LogP contribution in [-0.4, -0.2) is 10.2 Å². The lowest BCUT2D eigenvalue weighted by Gasteiger charge is -1.96. The summed E-state index contributed by atoms with van der Waals surface area (Å²) in [7, 11) is 0. The van der Waals surface area contributed by atoms with Gasteiger partial charge in [-0.1, -0.05) is 15.9 Å². The van der Waals surface area contributed by atoms with Crippen molar-refractivity contribution in [1.82, 2.24) is 10.2 Å². The van der Waals surface area contributed by atoms with E-state index in [1.165, 1.54) is 0 Å². The average Bonchev–Trinajstić information content (AvgIpc) is 2.90. The summed E-state index contributed by atoms with van der Waals surface area (Å²) in [5.41, 5.74) is 8.09. The van der Waals surface area contributed by atoms with Crippen LogP contribution in [0.3, 0.4) is 0 Å². The Morgan fingerprint density at radius 2 is 1.26 bits per heavy atom. The fraction of sp³-hybridized carbons (Fsp3) is 0. The molecule has 3 rings (SSSR count). The van der Waals surface area contributed by atoms with Gasteiger partial charge in [0.25, 0.3) is 0 Å². The summed E-state index contributed by atoms with van der Waals surface area (Å²) in [5, 5.41) is 8.10. The minimum absolute atomic E-state index is 0.484. The number of halogens is 1. The molecule has 2 aromatic carbocycles. The van der Waals surface area contributed by atoms with Crippen LogP contribution in [0.25, 0.3) is 22.9 Å². The molecule has 0 saturated carbocycles. The van der Waals surface area contributed by atoms with Gasteiger partial charge in [-0.2, -0.15) is 0 Å². The van der Waals surface area contributed by atoms with E-state index in [0.717, 1.165) is 15.6 Å². The van der Waals surface area contributed by atoms with Crippen LogP contribution in [0.5, 0.6) is 0 Å². The van der Waals surface area contributed by atoms with Gasteiger partial charge >= 0.3 is 0 Å². The van der Waals surface area contributed by atoms with Crippen LogP contribution in [0, 0.1) is 0 Å². The lowest BCUT2D eigenvalue weighted by atomic mass is 10.2. The van der Waals surface area contributed by atoms with Crippen molar-refractivity contribution >= 4 is 21.6 Å². The first kappa shape index (κ1) is 11.9. The highest BCUT2D eigenvalue weighted by molar-refractivity contribution is 9.10. The third kappa shape index (κ3) is 2.51. The number of hydrogen-bond acceptors (Lipinski definition) is 4. The Hall–Kier alpha value is -2.14. The second-order valence-corrected chi connectivity index (χ2v) is 4.96. The summed E-state index contributed by atoms with van der Waals surface area (Å²) in [6, 6.07) is 15.0. The summed E-state index contributed by atoms with van der Waals surface area (Å²) < 4.78 is 6.67. The van der Waals surface area contributed by atoms with E-state index in [1.807, 2.05) is 36.4 Å². The van der Waals surface area contributed by atoms with Crippen molar-refractivity contribution in [2.75, 3.05) is 5.73 Å². The molecule has 0 bridgehead atoms. The van der Waals surface area contributed by atoms with Crippen molar-refractivity contribution in [3.05, 3.63) is 53.0 Å². The van der Waals surface area contributed by atoms with Crippen molar-refractivity contribution < 1.29 is 4.42 Å². The second kappa shape index (κ2) is 4.85. The number of rotatable bonds is 2. The zero-order chi connectivity index (χ0) is 13.2. The first-order chi connectivity index (χ1) is 9.22. The van der Waals surface area contributed by atoms with Crippen LogP contribution < -0.4 is 5.73 Å². The van der Waals surface area contributed by atoms with E-state index in [-0.39, 0.29) is 0 Å². The molecule has 0 spiro atoms. The Balaban J connectivity index is 1.95. The monoisotopic (exact) mass is 315 g/mol. The molecule has 2 N–H and O–H groups in total. The molecule has 0 fully saturated rings. The Morgan fingerprint density at radius 3 is 1.79 bits per heavy atom. The molecule has 0 aliphatic carbocycles. The predicted octanol–water partition coefficient (Wildman–Crippen LogP) is 3.75. The quantitative estimate of drug-likeness (QED) is 0.731. The summed E-state index contributed by atoms with van der Waals surface area (Å²) in [6.07, 6.45) is 0. The number of nitrogens with zero attached hydrogens (tertiary/aromatic N) is 2. The van der Waals surface area contributed by atoms with Crippen LogP contribution in [0.2, 0.25) is 0 Å². The van der Waals surface area contributed by atoms with E-state index in [2.05, 4.69) is 26.1 Å². The van der Waals surface area contributed by atoms with E-state index < -0.39 is 0 Å². The molecule has 4 nitrogen and oxygen atoms in total. The number of nitrogens with two attached hydrogens (primary N) is 1. The van der Waals surface area contributed by atoms with Gasteiger partial charge in [0.15, 0.2) is 0 Å². The standard InChI is InChI=1S/C14H10BrN3O/c15-11-5-1-9(2-6-11)13-17-18-14(19-13)10-3-7-12(16)8-4-10/h1-8H,16H2. The van der Waals surface area contributed by atoms with Gasteiger partial charge in [0.1, 0.15) is 0 Å². The molecular formula is C14H10BrN3O. The minimum Gasteiger partial charge on any atom is -0.416 e. The van der Waals surface area contributed by atoms with Gasteiger partial charge in [0, 0.05) is 21.3 Å². The molecule has 0 amide bonds. The van der Waals surface area contributed by atoms with Crippen LogP contribution in [0.1, 0.15) is 0 Å². The molecule has 0 saturated heterocycles. The highest BCUT2D eigenvalue weighted by Crippen LogP contribution is 2.25. The predicted molar refractivity (Wildman–Crippen MR) is 77.3 cm³/mol. The van der Waals surface area contributed by atoms with Crippen LogP contribution in [0.4, 0.5) is 5.69 Å². The van der Waals surface area contributed by atoms with Crippen molar-refractivity contribution in [2.45, 2.75) is 0 Å². The van der Waals surface area contributed by atoms with Gasteiger partial charge in [0.05, 0.1) is 0 Å². The normalized spacial score (nSPS) is 10.6. The number of anilines is 1. The first-order valence-corrected chi connectivity index (χ1v) is 6.47. The molecule has 0 radical (unpaired) electrons. The zero-order valence-corrected chi connectivity index (χ0v) is 11.5. The molecule has 5 heteroatoms. The zero-order valence-electron chi connectivity index (χ0n) is 9.88. The fourth-order valence-electron chi connectivity index (χ4n) is 1.67. The lowest BCUT2D eigenvalue weighted by molar-refractivity contribution is 0.584. The molecule has 0 atom stereocenters. The van der Waals surface area contributed by atoms with Gasteiger partial charge in [-0.05, 0) is 48.5 Å². The third-order valence-electron chi connectivity index (χ3n) is 2.67. The van der Waals surface area contributed by atoms with Gasteiger partial charge in [0.2, 0.25) is 11.8 Å². The molecular weight excluding hydrogens is 306 g/mol. The Bertz CT molecular complexity index is 629. The Kier molecular flexibility index (Phi) is 3.05. The van der Waals surface area contributed by atoms with Crippen molar-refractivity contribution in [2.24, 2.45) is 0 Å². The van der Waals surface area contributed by atoms with Crippen molar-refractivity contribution in [3.63, 3.8) is 0 Å². The molecule has 0 aliphatic heterocycles. The fourth-order valence-corrected chi connectivity index (χ4v) is 1.94. The third-order valence-corrected chi connectivity index (χ3v) is 3.20. The molecule has 0 unspecified atom stereocenters. The lowest BCUT2D eigenvalue weighted by Crippen LogP contribution is -1.83. The largest absolute Gasteiger partial charge is 0.416 e. The highest BCUT2D eigenvalue weighted by Gasteiger charge is 2.09. The van der Waals surface area contributed by atoms with Crippen LogP contribution >= 0.6 is 15.9 Å². The maximum absolute atomic E-state index is 5.66. The summed E-state index contributed by atoms with van der Waals surface area (Å²) in [6.45, 7) is 0. The summed E-state index contributed by atoms with van der Waals surface area (Å²) >= 11 is 3.39. The molecule has 94 valence electrons. The molecule has 3 aromatic rings. The maximum atomic E-state index is 5.66. The number of hydrogen-bond donors (Lipinski definition) is 1. The van der Waals surface area contributed by atoms with E-state index in [1.54, 1.807) is 12.1 Å².